The van der Waals surface area contributed by atoms with Crippen molar-refractivity contribution < 1.29 is 14.3 Å². The molecule has 3 rings (SSSR count). The third-order valence-electron chi connectivity index (χ3n) is 3.30. The van der Waals surface area contributed by atoms with E-state index in [0.717, 1.165) is 9.88 Å². The number of esters is 1. The average Bonchev–Trinajstić information content (AvgIpc) is 3.28. The molecule has 0 saturated carbocycles. The van der Waals surface area contributed by atoms with E-state index in [-0.39, 0.29) is 11.6 Å². The number of anilines is 1. The number of ether oxygens (including phenoxy) is 1. The topological polar surface area (TPSA) is 81.2 Å². The molecule has 0 unspecified atom stereocenters. The van der Waals surface area contributed by atoms with Crippen molar-refractivity contribution in [2.75, 3.05) is 5.32 Å². The minimum atomic E-state index is -0.964. The van der Waals surface area contributed by atoms with Crippen LogP contribution < -0.4 is 5.32 Å². The zero-order valence-electron chi connectivity index (χ0n) is 13.6. The molecule has 0 aliphatic heterocycles. The van der Waals surface area contributed by atoms with Gasteiger partial charge in [0.25, 0.3) is 5.91 Å². The highest BCUT2D eigenvalue weighted by atomic mass is 35.5. The molecule has 1 N–H and O–H groups in total. The minimum absolute atomic E-state index is 0.00709. The summed E-state index contributed by atoms with van der Waals surface area (Å²) in [5.74, 6) is -1.00. The first-order valence-electron chi connectivity index (χ1n) is 7.62. The van der Waals surface area contributed by atoms with Crippen LogP contribution >= 0.6 is 34.3 Å². The molecule has 26 heavy (non-hydrogen) atoms. The van der Waals surface area contributed by atoms with Crippen LogP contribution in [-0.4, -0.2) is 27.9 Å². The third kappa shape index (κ3) is 4.66. The largest absolute Gasteiger partial charge is 0.452 e. The van der Waals surface area contributed by atoms with E-state index in [0.29, 0.717) is 11.4 Å². The zero-order valence-corrected chi connectivity index (χ0v) is 16.0. The van der Waals surface area contributed by atoms with E-state index in [9.17, 15) is 9.59 Å². The Balaban J connectivity index is 1.54. The molecule has 0 aliphatic carbocycles. The Morgan fingerprint density at radius 2 is 2.15 bits per heavy atom. The molecule has 0 radical (unpaired) electrons. The van der Waals surface area contributed by atoms with Crippen LogP contribution in [0.5, 0.6) is 0 Å². The zero-order chi connectivity index (χ0) is 18.5. The van der Waals surface area contributed by atoms with Gasteiger partial charge in [-0.2, -0.15) is 0 Å². The average molecular weight is 408 g/mol. The Morgan fingerprint density at radius 1 is 1.31 bits per heavy atom. The molecule has 1 atom stereocenters. The normalized spacial score (nSPS) is 11.8. The fourth-order valence-corrected chi connectivity index (χ4v) is 3.86. The van der Waals surface area contributed by atoms with Gasteiger partial charge in [-0.3, -0.25) is 9.59 Å². The molecule has 3 aromatic rings. The Hall–Kier alpha value is -2.29. The molecule has 9 heteroatoms. The molecule has 3 aromatic heterocycles. The summed E-state index contributed by atoms with van der Waals surface area (Å²) >= 11 is 8.95. The van der Waals surface area contributed by atoms with Gasteiger partial charge < -0.3 is 10.1 Å². The molecule has 1 amide bonds. The maximum Gasteiger partial charge on any atom is 0.312 e. The molecule has 0 aliphatic rings. The lowest BCUT2D eigenvalue weighted by molar-refractivity contribution is -0.152. The molecule has 6 nitrogen and oxygen atoms in total. The van der Waals surface area contributed by atoms with Crippen molar-refractivity contribution in [2.24, 2.45) is 0 Å². The van der Waals surface area contributed by atoms with E-state index >= 15 is 0 Å². The van der Waals surface area contributed by atoms with Gasteiger partial charge in [0.1, 0.15) is 5.01 Å². The minimum Gasteiger partial charge on any atom is -0.452 e. The number of aromatic nitrogens is 2. The van der Waals surface area contributed by atoms with Crippen LogP contribution in [0.4, 0.5) is 5.69 Å². The van der Waals surface area contributed by atoms with E-state index in [1.54, 1.807) is 23.5 Å². The first-order chi connectivity index (χ1) is 12.5. The Bertz CT molecular complexity index is 912. The van der Waals surface area contributed by atoms with Gasteiger partial charge in [-0.05, 0) is 30.5 Å². The van der Waals surface area contributed by atoms with Gasteiger partial charge in [-0.25, -0.2) is 9.97 Å². The summed E-state index contributed by atoms with van der Waals surface area (Å²) in [6.45, 7) is 1.50. The van der Waals surface area contributed by atoms with Crippen molar-refractivity contribution in [3.8, 4) is 9.88 Å². The number of halogens is 1. The van der Waals surface area contributed by atoms with E-state index in [1.165, 1.54) is 24.5 Å². The Kier molecular flexibility index (Phi) is 5.97. The van der Waals surface area contributed by atoms with Crippen LogP contribution in [0, 0.1) is 0 Å². The number of amides is 1. The van der Waals surface area contributed by atoms with Crippen molar-refractivity contribution in [2.45, 2.75) is 19.4 Å². The second kappa shape index (κ2) is 8.39. The SMILES string of the molecule is C[C@H](OC(=O)Cc1csc(-c2cccs2)n1)C(=O)Nc1cccnc1Cl. The quantitative estimate of drug-likeness (QED) is 0.492. The summed E-state index contributed by atoms with van der Waals surface area (Å²) in [6.07, 6.45) is 0.557. The van der Waals surface area contributed by atoms with Crippen LogP contribution in [0.25, 0.3) is 9.88 Å². The highest BCUT2D eigenvalue weighted by molar-refractivity contribution is 7.20. The number of rotatable bonds is 6. The highest BCUT2D eigenvalue weighted by Gasteiger charge is 2.20. The lowest BCUT2D eigenvalue weighted by atomic mass is 10.3. The van der Waals surface area contributed by atoms with Gasteiger partial charge >= 0.3 is 5.97 Å². The van der Waals surface area contributed by atoms with Crippen LogP contribution in [0.2, 0.25) is 5.15 Å². The van der Waals surface area contributed by atoms with Gasteiger partial charge in [0.15, 0.2) is 11.3 Å². The van der Waals surface area contributed by atoms with Gasteiger partial charge in [0.2, 0.25) is 0 Å². The summed E-state index contributed by atoms with van der Waals surface area (Å²) in [4.78, 5) is 33.5. The fourth-order valence-electron chi connectivity index (χ4n) is 2.06. The summed E-state index contributed by atoms with van der Waals surface area (Å²) in [6, 6.07) is 7.18. The molecular weight excluding hydrogens is 394 g/mol. The molecule has 0 bridgehead atoms. The second-order valence-corrected chi connectivity index (χ2v) is 7.42. The highest BCUT2D eigenvalue weighted by Crippen LogP contribution is 2.28. The van der Waals surface area contributed by atoms with Crippen molar-refractivity contribution in [1.82, 2.24) is 9.97 Å². The first-order valence-corrected chi connectivity index (χ1v) is 9.76. The molecule has 134 valence electrons. The number of carbonyl (C=O) groups is 2. The lowest BCUT2D eigenvalue weighted by Crippen LogP contribution is -2.30. The lowest BCUT2D eigenvalue weighted by Gasteiger charge is -2.13. The van der Waals surface area contributed by atoms with Crippen LogP contribution in [0.3, 0.4) is 0 Å². The summed E-state index contributed by atoms with van der Waals surface area (Å²) < 4.78 is 5.18. The molecule has 3 heterocycles. The standard InChI is InChI=1S/C17H14ClN3O3S2/c1-10(16(23)21-12-4-2-6-19-15(12)18)24-14(22)8-11-9-26-17(20-11)13-5-3-7-25-13/h2-7,9-10H,8H2,1H3,(H,21,23)/t10-/m0/s1. The number of hydrogen-bond donors (Lipinski definition) is 1. The van der Waals surface area contributed by atoms with Crippen LogP contribution in [0.1, 0.15) is 12.6 Å². The summed E-state index contributed by atoms with van der Waals surface area (Å²) in [5.41, 5.74) is 0.980. The van der Waals surface area contributed by atoms with Crippen LogP contribution in [0.15, 0.2) is 41.2 Å². The summed E-state index contributed by atoms with van der Waals surface area (Å²) in [5, 5.41) is 7.40. The molecule has 0 saturated heterocycles. The number of hydrogen-bond acceptors (Lipinski definition) is 7. The number of thiophene rings is 1. The fraction of sp³-hybridized carbons (Fsp3) is 0.176. The van der Waals surface area contributed by atoms with E-state index < -0.39 is 18.0 Å². The predicted molar refractivity (Wildman–Crippen MR) is 103 cm³/mol. The molecule has 0 aromatic carbocycles. The van der Waals surface area contributed by atoms with Crippen molar-refractivity contribution in [1.29, 1.82) is 0 Å². The third-order valence-corrected chi connectivity index (χ3v) is 5.53. The van der Waals surface area contributed by atoms with Crippen molar-refractivity contribution in [3.05, 3.63) is 52.1 Å². The predicted octanol–water partition coefficient (Wildman–Crippen LogP) is 4.03. The second-order valence-electron chi connectivity index (χ2n) is 5.26. The summed E-state index contributed by atoms with van der Waals surface area (Å²) in [7, 11) is 0. The Morgan fingerprint density at radius 3 is 2.88 bits per heavy atom. The number of nitrogens with one attached hydrogen (secondary N) is 1. The number of nitrogens with zero attached hydrogens (tertiary/aromatic N) is 2. The van der Waals surface area contributed by atoms with E-state index in [1.807, 2.05) is 22.9 Å². The number of thiazole rings is 1. The van der Waals surface area contributed by atoms with Gasteiger partial charge in [0, 0.05) is 11.6 Å². The maximum atomic E-state index is 12.1. The molecular formula is C17H14ClN3O3S2. The van der Waals surface area contributed by atoms with Gasteiger partial charge in [-0.15, -0.1) is 22.7 Å². The van der Waals surface area contributed by atoms with Crippen molar-refractivity contribution >= 4 is 51.8 Å². The smallest absolute Gasteiger partial charge is 0.312 e. The molecule has 0 fully saturated rings. The monoisotopic (exact) mass is 407 g/mol. The first kappa shape index (κ1) is 18.5. The molecule has 0 spiro atoms. The Labute approximate surface area is 162 Å². The van der Waals surface area contributed by atoms with Crippen LogP contribution in [-0.2, 0) is 20.7 Å². The van der Waals surface area contributed by atoms with E-state index in [4.69, 9.17) is 16.3 Å². The maximum absolute atomic E-state index is 12.1. The van der Waals surface area contributed by atoms with Gasteiger partial charge in [0.05, 0.1) is 22.7 Å². The van der Waals surface area contributed by atoms with Gasteiger partial charge in [-0.1, -0.05) is 17.7 Å². The number of carbonyl (C=O) groups excluding carboxylic acids is 2. The van der Waals surface area contributed by atoms with Crippen molar-refractivity contribution in [3.63, 3.8) is 0 Å². The number of pyridine rings is 1. The van der Waals surface area contributed by atoms with E-state index in [2.05, 4.69) is 15.3 Å².